The molecule has 0 saturated heterocycles. The Morgan fingerprint density at radius 1 is 1.28 bits per heavy atom. The summed E-state index contributed by atoms with van der Waals surface area (Å²) in [6.45, 7) is 2.90. The summed E-state index contributed by atoms with van der Waals surface area (Å²) in [5.41, 5.74) is 6.33. The molecule has 0 aliphatic rings. The van der Waals surface area contributed by atoms with Gasteiger partial charge in [0, 0.05) is 6.20 Å². The summed E-state index contributed by atoms with van der Waals surface area (Å²) in [7, 11) is 0. The zero-order valence-electron chi connectivity index (χ0n) is 11.0. The lowest BCUT2D eigenvalue weighted by atomic mass is 10.1. The molecule has 1 aromatic heterocycles. The molecule has 0 atom stereocenters. The summed E-state index contributed by atoms with van der Waals surface area (Å²) in [5, 5.41) is 0. The topological polar surface area (TPSA) is 48.1 Å². The van der Waals surface area contributed by atoms with Crippen molar-refractivity contribution >= 4 is 17.2 Å². The third-order valence-electron chi connectivity index (χ3n) is 2.77. The molecule has 0 saturated carbocycles. The van der Waals surface area contributed by atoms with Gasteiger partial charge in [0.15, 0.2) is 0 Å². The van der Waals surface area contributed by atoms with Crippen LogP contribution in [0, 0.1) is 0 Å². The zero-order valence-corrected chi connectivity index (χ0v) is 11.8. The SMILES string of the molecule is CCCCCCCCOc1ncccc1C(N)=S. The van der Waals surface area contributed by atoms with Gasteiger partial charge in [-0.15, -0.1) is 0 Å². The fourth-order valence-electron chi connectivity index (χ4n) is 1.74. The molecule has 0 spiro atoms. The minimum Gasteiger partial charge on any atom is -0.477 e. The van der Waals surface area contributed by atoms with E-state index in [1.165, 1.54) is 32.1 Å². The molecule has 0 fully saturated rings. The van der Waals surface area contributed by atoms with E-state index in [4.69, 9.17) is 22.7 Å². The first-order chi connectivity index (χ1) is 8.75. The summed E-state index contributed by atoms with van der Waals surface area (Å²) < 4.78 is 5.63. The highest BCUT2D eigenvalue weighted by molar-refractivity contribution is 7.80. The van der Waals surface area contributed by atoms with Gasteiger partial charge in [-0.2, -0.15) is 0 Å². The quantitative estimate of drug-likeness (QED) is 0.549. The first-order valence-corrected chi connectivity index (χ1v) is 7.04. The van der Waals surface area contributed by atoms with E-state index in [0.717, 1.165) is 12.0 Å². The third-order valence-corrected chi connectivity index (χ3v) is 2.99. The molecule has 3 nitrogen and oxygen atoms in total. The van der Waals surface area contributed by atoms with Gasteiger partial charge in [0.05, 0.1) is 12.2 Å². The van der Waals surface area contributed by atoms with Crippen LogP contribution in [0.4, 0.5) is 0 Å². The lowest BCUT2D eigenvalue weighted by molar-refractivity contribution is 0.293. The predicted molar refractivity (Wildman–Crippen MR) is 79.0 cm³/mol. The van der Waals surface area contributed by atoms with Gasteiger partial charge in [-0.3, -0.25) is 0 Å². The lowest BCUT2D eigenvalue weighted by Crippen LogP contribution is -2.13. The van der Waals surface area contributed by atoms with Crippen LogP contribution in [0.3, 0.4) is 0 Å². The van der Waals surface area contributed by atoms with Crippen molar-refractivity contribution in [3.05, 3.63) is 23.9 Å². The van der Waals surface area contributed by atoms with E-state index in [1.54, 1.807) is 6.20 Å². The van der Waals surface area contributed by atoms with Crippen molar-refractivity contribution in [2.75, 3.05) is 6.61 Å². The van der Waals surface area contributed by atoms with Crippen LogP contribution < -0.4 is 10.5 Å². The number of rotatable bonds is 9. The molecule has 0 amide bonds. The van der Waals surface area contributed by atoms with E-state index >= 15 is 0 Å². The Balaban J connectivity index is 2.25. The van der Waals surface area contributed by atoms with Crippen molar-refractivity contribution in [2.45, 2.75) is 45.4 Å². The first-order valence-electron chi connectivity index (χ1n) is 6.63. The normalized spacial score (nSPS) is 10.3. The summed E-state index contributed by atoms with van der Waals surface area (Å²) in [6, 6.07) is 3.65. The minimum absolute atomic E-state index is 0.334. The number of aromatic nitrogens is 1. The van der Waals surface area contributed by atoms with Gasteiger partial charge in [0.2, 0.25) is 5.88 Å². The second-order valence-corrected chi connectivity index (χ2v) is 4.78. The molecule has 0 aliphatic carbocycles. The van der Waals surface area contributed by atoms with E-state index in [-0.39, 0.29) is 0 Å². The Labute approximate surface area is 115 Å². The van der Waals surface area contributed by atoms with Gasteiger partial charge in [-0.05, 0) is 18.6 Å². The molecule has 0 aliphatic heterocycles. The Kier molecular flexibility index (Phi) is 7.34. The van der Waals surface area contributed by atoms with Gasteiger partial charge in [0.25, 0.3) is 0 Å². The number of hydrogen-bond donors (Lipinski definition) is 1. The second-order valence-electron chi connectivity index (χ2n) is 4.34. The van der Waals surface area contributed by atoms with Crippen LogP contribution in [0.5, 0.6) is 5.88 Å². The van der Waals surface area contributed by atoms with Crippen LogP contribution in [0.15, 0.2) is 18.3 Å². The molecule has 0 radical (unpaired) electrons. The molecule has 18 heavy (non-hydrogen) atoms. The van der Waals surface area contributed by atoms with E-state index in [1.807, 2.05) is 12.1 Å². The summed E-state index contributed by atoms with van der Waals surface area (Å²) in [4.78, 5) is 4.49. The Morgan fingerprint density at radius 2 is 2.00 bits per heavy atom. The minimum atomic E-state index is 0.334. The van der Waals surface area contributed by atoms with Crippen LogP contribution in [0.2, 0.25) is 0 Å². The van der Waals surface area contributed by atoms with Gasteiger partial charge >= 0.3 is 0 Å². The lowest BCUT2D eigenvalue weighted by Gasteiger charge is -2.08. The molecule has 0 aromatic carbocycles. The van der Waals surface area contributed by atoms with Crippen LogP contribution in [-0.2, 0) is 0 Å². The van der Waals surface area contributed by atoms with Gasteiger partial charge in [-0.25, -0.2) is 4.98 Å². The van der Waals surface area contributed by atoms with Gasteiger partial charge in [-0.1, -0.05) is 51.2 Å². The Hall–Kier alpha value is -1.16. The predicted octanol–water partition coefficient (Wildman–Crippen LogP) is 3.46. The van der Waals surface area contributed by atoms with Crippen molar-refractivity contribution in [3.63, 3.8) is 0 Å². The fourth-order valence-corrected chi connectivity index (χ4v) is 1.90. The van der Waals surface area contributed by atoms with Crippen molar-refractivity contribution in [1.82, 2.24) is 4.98 Å². The Morgan fingerprint density at radius 3 is 2.72 bits per heavy atom. The summed E-state index contributed by atoms with van der Waals surface area (Å²) >= 11 is 4.96. The average molecular weight is 266 g/mol. The monoisotopic (exact) mass is 266 g/mol. The second kappa shape index (κ2) is 8.86. The largest absolute Gasteiger partial charge is 0.477 e. The van der Waals surface area contributed by atoms with Gasteiger partial charge < -0.3 is 10.5 Å². The molecule has 1 rings (SSSR count). The number of hydrogen-bond acceptors (Lipinski definition) is 3. The van der Waals surface area contributed by atoms with E-state index in [2.05, 4.69) is 11.9 Å². The number of nitrogens with zero attached hydrogens (tertiary/aromatic N) is 1. The standard InChI is InChI=1S/C14H22N2OS/c1-2-3-4-5-6-7-11-17-14-12(13(15)18)9-8-10-16-14/h8-10H,2-7,11H2,1H3,(H2,15,18). The van der Waals surface area contributed by atoms with E-state index < -0.39 is 0 Å². The number of pyridine rings is 1. The smallest absolute Gasteiger partial charge is 0.223 e. The highest BCUT2D eigenvalue weighted by atomic mass is 32.1. The highest BCUT2D eigenvalue weighted by Crippen LogP contribution is 2.14. The van der Waals surface area contributed by atoms with Crippen molar-refractivity contribution in [3.8, 4) is 5.88 Å². The highest BCUT2D eigenvalue weighted by Gasteiger charge is 2.06. The van der Waals surface area contributed by atoms with Crippen molar-refractivity contribution < 1.29 is 4.74 Å². The molecular formula is C14H22N2OS. The fraction of sp³-hybridized carbons (Fsp3) is 0.571. The molecule has 1 aromatic rings. The summed E-state index contributed by atoms with van der Waals surface area (Å²) in [5.74, 6) is 0.554. The number of thiocarbonyl (C=S) groups is 1. The Bertz CT molecular complexity index is 369. The molecule has 0 unspecified atom stereocenters. The van der Waals surface area contributed by atoms with Crippen LogP contribution in [0.1, 0.15) is 51.0 Å². The third kappa shape index (κ3) is 5.45. The maximum Gasteiger partial charge on any atom is 0.223 e. The summed E-state index contributed by atoms with van der Waals surface area (Å²) in [6.07, 6.45) is 9.15. The van der Waals surface area contributed by atoms with Crippen molar-refractivity contribution in [2.24, 2.45) is 5.73 Å². The van der Waals surface area contributed by atoms with Crippen LogP contribution in [0.25, 0.3) is 0 Å². The van der Waals surface area contributed by atoms with Gasteiger partial charge in [0.1, 0.15) is 4.99 Å². The zero-order chi connectivity index (χ0) is 13.2. The number of unbranched alkanes of at least 4 members (excludes halogenated alkanes) is 5. The first kappa shape index (κ1) is 14.9. The van der Waals surface area contributed by atoms with Crippen LogP contribution in [-0.4, -0.2) is 16.6 Å². The maximum absolute atomic E-state index is 5.63. The average Bonchev–Trinajstić information content (AvgIpc) is 2.38. The molecule has 1 heterocycles. The molecule has 4 heteroatoms. The molecule has 100 valence electrons. The van der Waals surface area contributed by atoms with E-state index in [0.29, 0.717) is 17.5 Å². The maximum atomic E-state index is 5.63. The molecular weight excluding hydrogens is 244 g/mol. The molecule has 2 N–H and O–H groups in total. The molecule has 0 bridgehead atoms. The van der Waals surface area contributed by atoms with Crippen LogP contribution >= 0.6 is 12.2 Å². The number of ether oxygens (including phenoxy) is 1. The van der Waals surface area contributed by atoms with Crippen molar-refractivity contribution in [1.29, 1.82) is 0 Å². The van der Waals surface area contributed by atoms with E-state index in [9.17, 15) is 0 Å². The number of nitrogens with two attached hydrogens (primary N) is 1.